The van der Waals surface area contributed by atoms with Crippen molar-refractivity contribution in [3.05, 3.63) is 71.3 Å². The maximum atomic E-state index is 14.5. The summed E-state index contributed by atoms with van der Waals surface area (Å²) >= 11 is 0. The molecule has 0 unspecified atom stereocenters. The highest BCUT2D eigenvalue weighted by atomic mass is 19.4. The van der Waals surface area contributed by atoms with E-state index >= 15 is 0 Å². The van der Waals surface area contributed by atoms with Crippen molar-refractivity contribution in [2.45, 2.75) is 38.7 Å². The fraction of sp³-hybridized carbons (Fsp3) is 0.273. The van der Waals surface area contributed by atoms with Crippen molar-refractivity contribution in [2.75, 3.05) is 0 Å². The minimum Gasteiger partial charge on any atom is -0.429 e. The standard InChI is InChI=1S/C22H16F8N2O2/c1-2-3-4-12-10-31-20(32-11-12)13-5-6-15(16(23)7-13)21(26,27)33-14-8-17(24)19(18(25)9-14)34-22(28,29)30/h5-11H,2-4H2,1H3. The Balaban J connectivity index is 1.81. The first-order valence-corrected chi connectivity index (χ1v) is 9.82. The molecular weight excluding hydrogens is 476 g/mol. The summed E-state index contributed by atoms with van der Waals surface area (Å²) in [5.74, 6) is -8.28. The first-order chi connectivity index (χ1) is 15.9. The summed E-state index contributed by atoms with van der Waals surface area (Å²) in [6.45, 7) is 2.02. The van der Waals surface area contributed by atoms with Gasteiger partial charge >= 0.3 is 12.5 Å². The Labute approximate surface area is 188 Å². The van der Waals surface area contributed by atoms with Gasteiger partial charge in [0.05, 0.1) is 5.56 Å². The van der Waals surface area contributed by atoms with Crippen LogP contribution in [0.2, 0.25) is 0 Å². The number of alkyl halides is 5. The predicted molar refractivity (Wildman–Crippen MR) is 104 cm³/mol. The van der Waals surface area contributed by atoms with Gasteiger partial charge in [0.1, 0.15) is 11.6 Å². The molecule has 0 bridgehead atoms. The second-order valence-corrected chi connectivity index (χ2v) is 7.10. The number of rotatable bonds is 8. The van der Waals surface area contributed by atoms with E-state index in [0.717, 1.165) is 37.0 Å². The normalized spacial score (nSPS) is 12.0. The molecule has 0 N–H and O–H groups in total. The Kier molecular flexibility index (Phi) is 7.27. The number of aryl methyl sites for hydroxylation is 1. The van der Waals surface area contributed by atoms with E-state index < -0.39 is 47.0 Å². The SMILES string of the molecule is CCCCc1cnc(-c2ccc(C(F)(F)Oc3cc(F)c(OC(F)(F)F)c(F)c3)c(F)c2)nc1. The third-order valence-corrected chi connectivity index (χ3v) is 4.50. The zero-order chi connectivity index (χ0) is 25.1. The molecule has 0 fully saturated rings. The molecule has 12 heteroatoms. The van der Waals surface area contributed by atoms with Gasteiger partial charge in [0.15, 0.2) is 17.5 Å². The van der Waals surface area contributed by atoms with Gasteiger partial charge < -0.3 is 9.47 Å². The summed E-state index contributed by atoms with van der Waals surface area (Å²) in [5.41, 5.74) is -0.342. The third kappa shape index (κ3) is 6.12. The number of unbranched alkanes of at least 4 members (excludes halogenated alkanes) is 1. The maximum Gasteiger partial charge on any atom is 0.573 e. The second-order valence-electron chi connectivity index (χ2n) is 7.10. The van der Waals surface area contributed by atoms with Crippen molar-refractivity contribution in [3.8, 4) is 22.9 Å². The van der Waals surface area contributed by atoms with Gasteiger partial charge in [-0.1, -0.05) is 19.4 Å². The van der Waals surface area contributed by atoms with E-state index in [0.29, 0.717) is 6.07 Å². The molecule has 0 spiro atoms. The van der Waals surface area contributed by atoms with E-state index in [9.17, 15) is 35.1 Å². The summed E-state index contributed by atoms with van der Waals surface area (Å²) in [5, 5.41) is 0. The van der Waals surface area contributed by atoms with Gasteiger partial charge in [-0.15, -0.1) is 13.2 Å². The van der Waals surface area contributed by atoms with Crippen LogP contribution in [0, 0.1) is 17.5 Å². The lowest BCUT2D eigenvalue weighted by Crippen LogP contribution is -2.24. The van der Waals surface area contributed by atoms with Gasteiger partial charge in [-0.2, -0.15) is 8.78 Å². The lowest BCUT2D eigenvalue weighted by atomic mass is 10.1. The summed E-state index contributed by atoms with van der Waals surface area (Å²) in [4.78, 5) is 8.17. The number of ether oxygens (including phenoxy) is 2. The highest BCUT2D eigenvalue weighted by molar-refractivity contribution is 5.55. The second kappa shape index (κ2) is 9.82. The molecule has 0 aliphatic carbocycles. The smallest absolute Gasteiger partial charge is 0.429 e. The van der Waals surface area contributed by atoms with Crippen molar-refractivity contribution in [1.82, 2.24) is 9.97 Å². The predicted octanol–water partition coefficient (Wildman–Crippen LogP) is 6.93. The van der Waals surface area contributed by atoms with Gasteiger partial charge in [-0.3, -0.25) is 0 Å². The number of hydrogen-bond acceptors (Lipinski definition) is 4. The van der Waals surface area contributed by atoms with Crippen LogP contribution in [-0.4, -0.2) is 16.3 Å². The van der Waals surface area contributed by atoms with Gasteiger partial charge in [0, 0.05) is 30.1 Å². The van der Waals surface area contributed by atoms with Crippen LogP contribution in [0.15, 0.2) is 42.7 Å². The lowest BCUT2D eigenvalue weighted by molar-refractivity contribution is -0.276. The number of halogens is 8. The zero-order valence-electron chi connectivity index (χ0n) is 17.4. The third-order valence-electron chi connectivity index (χ3n) is 4.50. The van der Waals surface area contributed by atoms with Crippen molar-refractivity contribution in [3.63, 3.8) is 0 Å². The number of aromatic nitrogens is 2. The van der Waals surface area contributed by atoms with E-state index in [-0.39, 0.29) is 23.5 Å². The lowest BCUT2D eigenvalue weighted by Gasteiger charge is -2.20. The molecule has 3 rings (SSSR count). The van der Waals surface area contributed by atoms with E-state index in [1.807, 2.05) is 6.92 Å². The Morgan fingerprint density at radius 2 is 1.44 bits per heavy atom. The Hall–Kier alpha value is -3.44. The molecule has 4 nitrogen and oxygen atoms in total. The highest BCUT2D eigenvalue weighted by Gasteiger charge is 2.39. The maximum absolute atomic E-state index is 14.5. The first kappa shape index (κ1) is 25.2. The molecule has 0 radical (unpaired) electrons. The summed E-state index contributed by atoms with van der Waals surface area (Å²) in [7, 11) is 0. The van der Waals surface area contributed by atoms with Gasteiger partial charge in [0.25, 0.3) is 0 Å². The molecule has 182 valence electrons. The minimum absolute atomic E-state index is 0.0538. The molecule has 1 heterocycles. The van der Waals surface area contributed by atoms with Crippen molar-refractivity contribution < 1.29 is 44.6 Å². The Bertz CT molecular complexity index is 1130. The topological polar surface area (TPSA) is 44.2 Å². The van der Waals surface area contributed by atoms with Crippen molar-refractivity contribution in [2.24, 2.45) is 0 Å². The minimum atomic E-state index is -5.42. The van der Waals surface area contributed by atoms with E-state index in [1.54, 1.807) is 0 Å². The van der Waals surface area contributed by atoms with Crippen LogP contribution in [0.3, 0.4) is 0 Å². The molecule has 0 saturated carbocycles. The number of benzene rings is 2. The average molecular weight is 492 g/mol. The largest absolute Gasteiger partial charge is 0.573 e. The van der Waals surface area contributed by atoms with Gasteiger partial charge in [-0.05, 0) is 30.5 Å². The van der Waals surface area contributed by atoms with Crippen molar-refractivity contribution >= 4 is 0 Å². The zero-order valence-corrected chi connectivity index (χ0v) is 17.4. The molecule has 1 aromatic heterocycles. The van der Waals surface area contributed by atoms with E-state index in [2.05, 4.69) is 19.4 Å². The monoisotopic (exact) mass is 492 g/mol. The van der Waals surface area contributed by atoms with Crippen LogP contribution in [-0.2, 0) is 12.5 Å². The highest BCUT2D eigenvalue weighted by Crippen LogP contribution is 2.37. The van der Waals surface area contributed by atoms with Gasteiger partial charge in [-0.25, -0.2) is 23.1 Å². The van der Waals surface area contributed by atoms with Crippen molar-refractivity contribution in [1.29, 1.82) is 0 Å². The molecule has 0 atom stereocenters. The van der Waals surface area contributed by atoms with E-state index in [1.165, 1.54) is 12.4 Å². The fourth-order valence-electron chi connectivity index (χ4n) is 2.92. The molecule has 3 aromatic rings. The molecule has 34 heavy (non-hydrogen) atoms. The first-order valence-electron chi connectivity index (χ1n) is 9.82. The molecular formula is C22H16F8N2O2. The van der Waals surface area contributed by atoms with E-state index in [4.69, 9.17) is 0 Å². The Morgan fingerprint density at radius 3 is 1.97 bits per heavy atom. The summed E-state index contributed by atoms with van der Waals surface area (Å²) in [6.07, 6.45) is -4.13. The quantitative estimate of drug-likeness (QED) is 0.320. The summed E-state index contributed by atoms with van der Waals surface area (Å²) < 4.78 is 115. The van der Waals surface area contributed by atoms with Crippen LogP contribution < -0.4 is 9.47 Å². The molecule has 0 aliphatic rings. The molecule has 2 aromatic carbocycles. The number of hydrogen-bond donors (Lipinski definition) is 0. The molecule has 0 saturated heterocycles. The number of nitrogens with zero attached hydrogens (tertiary/aromatic N) is 2. The Morgan fingerprint density at radius 1 is 0.824 bits per heavy atom. The average Bonchev–Trinajstić information content (AvgIpc) is 2.74. The van der Waals surface area contributed by atoms with Crippen LogP contribution in [0.5, 0.6) is 11.5 Å². The summed E-state index contributed by atoms with van der Waals surface area (Å²) in [6, 6.07) is 2.61. The van der Waals surface area contributed by atoms with Crippen LogP contribution in [0.4, 0.5) is 35.1 Å². The van der Waals surface area contributed by atoms with Crippen LogP contribution in [0.1, 0.15) is 30.9 Å². The van der Waals surface area contributed by atoms with Gasteiger partial charge in [0.2, 0.25) is 5.75 Å². The molecule has 0 amide bonds. The fourth-order valence-corrected chi connectivity index (χ4v) is 2.92. The molecule has 0 aliphatic heterocycles. The van der Waals surface area contributed by atoms with Crippen LogP contribution >= 0.6 is 0 Å². The van der Waals surface area contributed by atoms with Crippen LogP contribution in [0.25, 0.3) is 11.4 Å².